The van der Waals surface area contributed by atoms with Gasteiger partial charge in [-0.25, -0.2) is 0 Å². The van der Waals surface area contributed by atoms with E-state index >= 15 is 0 Å². The lowest BCUT2D eigenvalue weighted by Gasteiger charge is -2.14. The summed E-state index contributed by atoms with van der Waals surface area (Å²) < 4.78 is 4.52. The molecule has 0 aromatic carbocycles. The molecule has 0 aromatic rings. The predicted octanol–water partition coefficient (Wildman–Crippen LogP) is 0.254. The van der Waals surface area contributed by atoms with Crippen molar-refractivity contribution in [3.63, 3.8) is 0 Å². The number of nitrogens with zero attached hydrogens (tertiary/aromatic N) is 1. The summed E-state index contributed by atoms with van der Waals surface area (Å²) in [5.74, 6) is -0.157. The van der Waals surface area contributed by atoms with Gasteiger partial charge in [0.1, 0.15) is 0 Å². The largest absolute Gasteiger partial charge is 0.469 e. The zero-order valence-electron chi connectivity index (χ0n) is 8.45. The molecule has 0 aromatic heterocycles. The number of carbonyl (C=O) groups is 1. The zero-order chi connectivity index (χ0) is 10.1. The number of aliphatic hydroxyl groups excluding tert-OH is 1. The third kappa shape index (κ3) is 7.74. The fourth-order valence-electron chi connectivity index (χ4n) is 1.05. The van der Waals surface area contributed by atoms with Crippen molar-refractivity contribution in [2.24, 2.45) is 0 Å². The molecule has 0 bridgehead atoms. The first-order valence-electron chi connectivity index (χ1n) is 4.57. The molecule has 1 N–H and O–H groups in total. The van der Waals surface area contributed by atoms with Crippen LogP contribution in [0.15, 0.2) is 0 Å². The highest BCUT2D eigenvalue weighted by Gasteiger charge is 2.01. The maximum absolute atomic E-state index is 10.7. The molecule has 0 heterocycles. The summed E-state index contributed by atoms with van der Waals surface area (Å²) >= 11 is 0. The summed E-state index contributed by atoms with van der Waals surface area (Å²) in [6.07, 6.45) is 2.07. The molecule has 0 aliphatic carbocycles. The Labute approximate surface area is 79.5 Å². The van der Waals surface area contributed by atoms with Crippen LogP contribution < -0.4 is 0 Å². The third-order valence-electron chi connectivity index (χ3n) is 1.85. The van der Waals surface area contributed by atoms with Crippen molar-refractivity contribution >= 4 is 5.97 Å². The van der Waals surface area contributed by atoms with Crippen molar-refractivity contribution in [3.8, 4) is 0 Å². The first kappa shape index (κ1) is 12.4. The highest BCUT2D eigenvalue weighted by atomic mass is 16.5. The summed E-state index contributed by atoms with van der Waals surface area (Å²) in [7, 11) is 3.38. The molecular weight excluding hydrogens is 170 g/mol. The lowest BCUT2D eigenvalue weighted by Crippen LogP contribution is -2.22. The Bertz CT molecular complexity index is 139. The zero-order valence-corrected chi connectivity index (χ0v) is 8.45. The molecule has 4 heteroatoms. The number of rotatable bonds is 7. The van der Waals surface area contributed by atoms with Gasteiger partial charge in [0.05, 0.1) is 7.11 Å². The number of carbonyl (C=O) groups excluding carboxylic acids is 1. The van der Waals surface area contributed by atoms with Gasteiger partial charge < -0.3 is 14.7 Å². The molecule has 0 rings (SSSR count). The maximum atomic E-state index is 10.7. The van der Waals surface area contributed by atoms with Crippen LogP contribution in [0.4, 0.5) is 0 Å². The second-order valence-corrected chi connectivity index (χ2v) is 3.06. The molecule has 0 spiro atoms. The minimum Gasteiger partial charge on any atom is -0.469 e. The van der Waals surface area contributed by atoms with Crippen LogP contribution >= 0.6 is 0 Å². The number of esters is 1. The Morgan fingerprint density at radius 2 is 2.00 bits per heavy atom. The van der Waals surface area contributed by atoms with Gasteiger partial charge >= 0.3 is 5.97 Å². The van der Waals surface area contributed by atoms with Crippen LogP contribution in [0.1, 0.15) is 19.3 Å². The van der Waals surface area contributed by atoms with Crippen LogP contribution in [0.3, 0.4) is 0 Å². The topological polar surface area (TPSA) is 49.8 Å². The van der Waals surface area contributed by atoms with Crippen molar-refractivity contribution in [2.45, 2.75) is 19.3 Å². The fraction of sp³-hybridized carbons (Fsp3) is 0.889. The predicted molar refractivity (Wildman–Crippen MR) is 50.4 cm³/mol. The summed E-state index contributed by atoms with van der Waals surface area (Å²) in [5.41, 5.74) is 0. The van der Waals surface area contributed by atoms with E-state index < -0.39 is 0 Å². The second-order valence-electron chi connectivity index (χ2n) is 3.06. The van der Waals surface area contributed by atoms with Gasteiger partial charge in [-0.15, -0.1) is 0 Å². The number of hydrogen-bond donors (Lipinski definition) is 1. The molecule has 0 amide bonds. The summed E-state index contributed by atoms with van der Waals surface area (Å²) in [5, 5.41) is 8.57. The van der Waals surface area contributed by atoms with Gasteiger partial charge in [0.25, 0.3) is 0 Å². The first-order chi connectivity index (χ1) is 6.20. The van der Waals surface area contributed by atoms with Crippen LogP contribution in [0.5, 0.6) is 0 Å². The van der Waals surface area contributed by atoms with Crippen LogP contribution in [-0.4, -0.2) is 49.8 Å². The van der Waals surface area contributed by atoms with Crippen molar-refractivity contribution in [1.29, 1.82) is 0 Å². The van der Waals surface area contributed by atoms with E-state index in [9.17, 15) is 4.79 Å². The molecule has 0 atom stereocenters. The molecule has 0 saturated carbocycles. The Hall–Kier alpha value is -0.610. The number of aliphatic hydroxyl groups is 1. The average molecular weight is 189 g/mol. The molecule has 0 fully saturated rings. The molecule has 0 unspecified atom stereocenters. The van der Waals surface area contributed by atoms with Crippen LogP contribution in [0.2, 0.25) is 0 Å². The third-order valence-corrected chi connectivity index (χ3v) is 1.85. The van der Waals surface area contributed by atoms with E-state index in [0.717, 1.165) is 25.9 Å². The minimum absolute atomic E-state index is 0.157. The molecule has 13 heavy (non-hydrogen) atoms. The molecular formula is C9H19NO3. The van der Waals surface area contributed by atoms with Crippen molar-refractivity contribution < 1.29 is 14.6 Å². The number of ether oxygens (including phenoxy) is 1. The quantitative estimate of drug-likeness (QED) is 0.583. The molecule has 0 aliphatic heterocycles. The molecule has 0 aliphatic rings. The van der Waals surface area contributed by atoms with Crippen LogP contribution in [-0.2, 0) is 9.53 Å². The second kappa shape index (κ2) is 8.01. The highest BCUT2D eigenvalue weighted by Crippen LogP contribution is 1.95. The SMILES string of the molecule is COC(=O)CCCN(C)CCCO. The van der Waals surface area contributed by atoms with E-state index in [-0.39, 0.29) is 12.6 Å². The number of hydrogen-bond acceptors (Lipinski definition) is 4. The van der Waals surface area contributed by atoms with Gasteiger partial charge in [0.2, 0.25) is 0 Å². The van der Waals surface area contributed by atoms with Crippen molar-refractivity contribution in [1.82, 2.24) is 4.90 Å². The molecule has 0 radical (unpaired) electrons. The average Bonchev–Trinajstić information content (AvgIpc) is 2.14. The minimum atomic E-state index is -0.157. The highest BCUT2D eigenvalue weighted by molar-refractivity contribution is 5.68. The van der Waals surface area contributed by atoms with E-state index in [0.29, 0.717) is 6.42 Å². The maximum Gasteiger partial charge on any atom is 0.305 e. The lowest BCUT2D eigenvalue weighted by molar-refractivity contribution is -0.140. The Kier molecular flexibility index (Phi) is 7.63. The fourth-order valence-corrected chi connectivity index (χ4v) is 1.05. The Balaban J connectivity index is 3.26. The first-order valence-corrected chi connectivity index (χ1v) is 4.57. The van der Waals surface area contributed by atoms with Gasteiger partial charge in [0, 0.05) is 19.6 Å². The monoisotopic (exact) mass is 189 g/mol. The Morgan fingerprint density at radius 3 is 2.54 bits per heavy atom. The van der Waals surface area contributed by atoms with Crippen molar-refractivity contribution in [2.75, 3.05) is 33.9 Å². The summed E-state index contributed by atoms with van der Waals surface area (Å²) in [6.45, 7) is 1.97. The summed E-state index contributed by atoms with van der Waals surface area (Å²) in [4.78, 5) is 12.8. The lowest BCUT2D eigenvalue weighted by atomic mass is 10.3. The molecule has 0 saturated heterocycles. The standard InChI is InChI=1S/C9H19NO3/c1-10(7-4-8-11)6-3-5-9(12)13-2/h11H,3-8H2,1-2H3. The van der Waals surface area contributed by atoms with E-state index in [1.807, 2.05) is 7.05 Å². The summed E-state index contributed by atoms with van der Waals surface area (Å²) in [6, 6.07) is 0. The smallest absolute Gasteiger partial charge is 0.305 e. The van der Waals surface area contributed by atoms with E-state index in [1.165, 1.54) is 7.11 Å². The van der Waals surface area contributed by atoms with Crippen LogP contribution in [0.25, 0.3) is 0 Å². The molecule has 4 nitrogen and oxygen atoms in total. The van der Waals surface area contributed by atoms with Gasteiger partial charge in [-0.2, -0.15) is 0 Å². The van der Waals surface area contributed by atoms with Gasteiger partial charge in [-0.3, -0.25) is 4.79 Å². The van der Waals surface area contributed by atoms with Gasteiger partial charge in [-0.05, 0) is 26.4 Å². The van der Waals surface area contributed by atoms with Crippen LogP contribution in [0, 0.1) is 0 Å². The van der Waals surface area contributed by atoms with Crippen molar-refractivity contribution in [3.05, 3.63) is 0 Å². The van der Waals surface area contributed by atoms with Gasteiger partial charge in [0.15, 0.2) is 0 Å². The van der Waals surface area contributed by atoms with E-state index in [1.54, 1.807) is 0 Å². The molecule has 78 valence electrons. The normalized spacial score (nSPS) is 10.5. The Morgan fingerprint density at radius 1 is 1.38 bits per heavy atom. The number of methoxy groups -OCH3 is 1. The van der Waals surface area contributed by atoms with E-state index in [2.05, 4.69) is 9.64 Å². The van der Waals surface area contributed by atoms with Gasteiger partial charge in [-0.1, -0.05) is 0 Å². The van der Waals surface area contributed by atoms with E-state index in [4.69, 9.17) is 5.11 Å².